The highest BCUT2D eigenvalue weighted by Gasteiger charge is 2.39. The summed E-state index contributed by atoms with van der Waals surface area (Å²) < 4.78 is 48.1. The first-order chi connectivity index (χ1) is 8.44. The molecular weight excluding hydrogens is 265 g/mol. The van der Waals surface area contributed by atoms with Gasteiger partial charge in [-0.3, -0.25) is 4.57 Å². The van der Waals surface area contributed by atoms with Crippen LogP contribution in [0.25, 0.3) is 0 Å². The molecule has 0 bridgehead atoms. The predicted octanol–water partition coefficient (Wildman–Crippen LogP) is 2.97. The van der Waals surface area contributed by atoms with E-state index in [1.54, 1.807) is 13.8 Å². The zero-order chi connectivity index (χ0) is 13.8. The van der Waals surface area contributed by atoms with Crippen molar-refractivity contribution in [3.8, 4) is 0 Å². The molecule has 106 valence electrons. The molecule has 0 fully saturated rings. The summed E-state index contributed by atoms with van der Waals surface area (Å²) >= 11 is 0. The van der Waals surface area contributed by atoms with Crippen molar-refractivity contribution < 1.29 is 27.5 Å². The number of halogens is 2. The monoisotopic (exact) mass is 284 g/mol. The third-order valence-electron chi connectivity index (χ3n) is 2.78. The van der Waals surface area contributed by atoms with Crippen LogP contribution in [0.3, 0.4) is 0 Å². The lowest BCUT2D eigenvalue weighted by molar-refractivity contribution is 0.114. The molecule has 0 aromatic carbocycles. The van der Waals surface area contributed by atoms with Crippen LogP contribution >= 0.6 is 7.60 Å². The normalized spacial score (nSPS) is 25.3. The number of aliphatic hydroxyl groups is 1. The average molecular weight is 284 g/mol. The molecule has 0 saturated heterocycles. The Hall–Kier alpha value is -0.290. The Labute approximate surface area is 106 Å². The van der Waals surface area contributed by atoms with Crippen molar-refractivity contribution in [3.05, 3.63) is 11.6 Å². The van der Waals surface area contributed by atoms with Gasteiger partial charge in [0.15, 0.2) is 0 Å². The van der Waals surface area contributed by atoms with Crippen LogP contribution in [0.4, 0.5) is 8.78 Å². The topological polar surface area (TPSA) is 55.8 Å². The molecule has 1 aliphatic rings. The molecule has 0 heterocycles. The molecule has 1 rings (SSSR count). The quantitative estimate of drug-likeness (QED) is 0.602. The first-order valence-corrected chi connectivity index (χ1v) is 7.62. The standard InChI is InChI=1S/C11H19F2O4P/c1-3-16-18(15,17-4-2)8-5-6-10(14)9(7-8)11(12)13/h7-8,10-11,14H,3-6H2,1-2H3. The van der Waals surface area contributed by atoms with Crippen molar-refractivity contribution in [2.75, 3.05) is 13.2 Å². The Bertz CT molecular complexity index is 336. The van der Waals surface area contributed by atoms with E-state index in [0.29, 0.717) is 6.42 Å². The van der Waals surface area contributed by atoms with Crippen molar-refractivity contribution >= 4 is 7.60 Å². The Morgan fingerprint density at radius 3 is 2.39 bits per heavy atom. The smallest absolute Gasteiger partial charge is 0.337 e. The van der Waals surface area contributed by atoms with Crippen LogP contribution in [-0.4, -0.2) is 36.5 Å². The minimum absolute atomic E-state index is 0.144. The summed E-state index contributed by atoms with van der Waals surface area (Å²) in [6.45, 7) is 3.71. The van der Waals surface area contributed by atoms with Gasteiger partial charge in [0, 0.05) is 5.57 Å². The molecular formula is C11H19F2O4P. The second-order valence-corrected chi connectivity index (χ2v) is 6.26. The summed E-state index contributed by atoms with van der Waals surface area (Å²) in [5.41, 5.74) is -1.09. The van der Waals surface area contributed by atoms with Crippen molar-refractivity contribution in [1.82, 2.24) is 0 Å². The summed E-state index contributed by atoms with van der Waals surface area (Å²) in [5, 5.41) is 9.46. The van der Waals surface area contributed by atoms with Crippen LogP contribution < -0.4 is 0 Å². The average Bonchev–Trinajstić information content (AvgIpc) is 2.29. The molecule has 18 heavy (non-hydrogen) atoms. The Morgan fingerprint density at radius 1 is 1.39 bits per heavy atom. The van der Waals surface area contributed by atoms with Gasteiger partial charge >= 0.3 is 7.60 Å². The van der Waals surface area contributed by atoms with Gasteiger partial charge in [0.1, 0.15) is 0 Å². The van der Waals surface area contributed by atoms with Crippen LogP contribution in [0.2, 0.25) is 0 Å². The van der Waals surface area contributed by atoms with Crippen molar-refractivity contribution in [2.45, 2.75) is 44.9 Å². The van der Waals surface area contributed by atoms with E-state index in [1.165, 1.54) is 0 Å². The molecule has 0 aromatic rings. The van der Waals surface area contributed by atoms with Gasteiger partial charge < -0.3 is 14.2 Å². The van der Waals surface area contributed by atoms with E-state index in [0.717, 1.165) is 6.08 Å². The summed E-state index contributed by atoms with van der Waals surface area (Å²) in [6, 6.07) is 0. The van der Waals surface area contributed by atoms with Crippen LogP contribution in [0, 0.1) is 0 Å². The fourth-order valence-electron chi connectivity index (χ4n) is 1.97. The number of hydrogen-bond acceptors (Lipinski definition) is 4. The van der Waals surface area contributed by atoms with Gasteiger partial charge in [0.2, 0.25) is 0 Å². The van der Waals surface area contributed by atoms with Crippen molar-refractivity contribution in [3.63, 3.8) is 0 Å². The number of rotatable bonds is 6. The Morgan fingerprint density at radius 2 is 1.94 bits per heavy atom. The second kappa shape index (κ2) is 6.75. The van der Waals surface area contributed by atoms with Gasteiger partial charge in [-0.05, 0) is 26.7 Å². The molecule has 7 heteroatoms. The molecule has 0 aromatic heterocycles. The summed E-state index contributed by atoms with van der Waals surface area (Å²) in [7, 11) is -3.42. The molecule has 0 radical (unpaired) electrons. The molecule has 2 unspecified atom stereocenters. The lowest BCUT2D eigenvalue weighted by Crippen LogP contribution is -2.26. The van der Waals surface area contributed by atoms with E-state index in [1.807, 2.05) is 0 Å². The molecule has 0 aliphatic heterocycles. The zero-order valence-corrected chi connectivity index (χ0v) is 11.4. The van der Waals surface area contributed by atoms with Gasteiger partial charge in [-0.25, -0.2) is 8.78 Å². The Kier molecular flexibility index (Phi) is 5.92. The fourth-order valence-corrected chi connectivity index (χ4v) is 3.97. The molecule has 0 amide bonds. The minimum atomic E-state index is -3.42. The third kappa shape index (κ3) is 3.60. The van der Waals surface area contributed by atoms with Gasteiger partial charge in [-0.2, -0.15) is 0 Å². The summed E-state index contributed by atoms with van der Waals surface area (Å²) in [6.07, 6.45) is -2.30. The SMILES string of the molecule is CCOP(=O)(OCC)C1C=C(C(F)F)C(O)CC1. The number of allylic oxidation sites excluding steroid dienone is 1. The highest BCUT2D eigenvalue weighted by molar-refractivity contribution is 7.54. The molecule has 1 aliphatic carbocycles. The maximum Gasteiger partial charge on any atom is 0.337 e. The van der Waals surface area contributed by atoms with Gasteiger partial charge in [-0.1, -0.05) is 6.08 Å². The van der Waals surface area contributed by atoms with E-state index < -0.39 is 25.8 Å². The third-order valence-corrected chi connectivity index (χ3v) is 5.24. The minimum Gasteiger partial charge on any atom is -0.389 e. The van der Waals surface area contributed by atoms with Crippen LogP contribution in [-0.2, 0) is 13.6 Å². The van der Waals surface area contributed by atoms with E-state index in [9.17, 15) is 18.5 Å². The Balaban J connectivity index is 2.96. The summed E-state index contributed by atoms with van der Waals surface area (Å²) in [5.74, 6) is 0. The van der Waals surface area contributed by atoms with Crippen LogP contribution in [0.1, 0.15) is 26.7 Å². The summed E-state index contributed by atoms with van der Waals surface area (Å²) in [4.78, 5) is 0. The largest absolute Gasteiger partial charge is 0.389 e. The van der Waals surface area contributed by atoms with Crippen molar-refractivity contribution in [1.29, 1.82) is 0 Å². The molecule has 4 nitrogen and oxygen atoms in total. The highest BCUT2D eigenvalue weighted by atomic mass is 31.2. The van der Waals surface area contributed by atoms with E-state index in [4.69, 9.17) is 9.05 Å². The van der Waals surface area contributed by atoms with Crippen LogP contribution in [0.15, 0.2) is 11.6 Å². The van der Waals surface area contributed by atoms with Gasteiger partial charge in [-0.15, -0.1) is 0 Å². The van der Waals surface area contributed by atoms with E-state index in [-0.39, 0.29) is 25.2 Å². The van der Waals surface area contributed by atoms with Gasteiger partial charge in [0.05, 0.1) is 25.0 Å². The fraction of sp³-hybridized carbons (Fsp3) is 0.818. The first-order valence-electron chi connectivity index (χ1n) is 6.01. The molecule has 0 saturated carbocycles. The molecule has 0 spiro atoms. The zero-order valence-electron chi connectivity index (χ0n) is 10.5. The maximum absolute atomic E-state index is 12.7. The highest BCUT2D eigenvalue weighted by Crippen LogP contribution is 2.56. The molecule has 2 atom stereocenters. The van der Waals surface area contributed by atoms with E-state index in [2.05, 4.69) is 0 Å². The van der Waals surface area contributed by atoms with Crippen molar-refractivity contribution in [2.24, 2.45) is 0 Å². The van der Waals surface area contributed by atoms with Gasteiger partial charge in [0.25, 0.3) is 6.43 Å². The lowest BCUT2D eigenvalue weighted by Gasteiger charge is -2.29. The molecule has 1 N–H and O–H groups in total. The van der Waals surface area contributed by atoms with Crippen LogP contribution in [0.5, 0.6) is 0 Å². The predicted molar refractivity (Wildman–Crippen MR) is 64.0 cm³/mol. The number of aliphatic hydroxyl groups excluding tert-OH is 1. The first kappa shape index (κ1) is 15.8. The lowest BCUT2D eigenvalue weighted by atomic mass is 9.96. The maximum atomic E-state index is 12.7. The van der Waals surface area contributed by atoms with E-state index >= 15 is 0 Å². The second-order valence-electron chi connectivity index (χ2n) is 4.00. The number of hydrogen-bond donors (Lipinski definition) is 1. The number of alkyl halides is 2.